The molecule has 2 heterocycles. The molecule has 11 nitrogen and oxygen atoms in total. The molecule has 0 saturated carbocycles. The van der Waals surface area contributed by atoms with Gasteiger partial charge in [0.05, 0.1) is 5.41 Å². The summed E-state index contributed by atoms with van der Waals surface area (Å²) in [5.41, 5.74) is -0.0739. The average Bonchev–Trinajstić information content (AvgIpc) is 3.18. The van der Waals surface area contributed by atoms with Crippen LogP contribution in [0.3, 0.4) is 0 Å². The van der Waals surface area contributed by atoms with E-state index in [1.54, 1.807) is 75.4 Å². The second-order valence-electron chi connectivity index (χ2n) is 10.6. The first kappa shape index (κ1) is 29.2. The van der Waals surface area contributed by atoms with E-state index in [4.69, 9.17) is 14.2 Å². The van der Waals surface area contributed by atoms with E-state index in [0.29, 0.717) is 5.56 Å². The first-order valence-corrected chi connectivity index (χ1v) is 12.9. The molecule has 2 aromatic carbocycles. The molecule has 0 aromatic heterocycles. The minimum Gasteiger partial charge on any atom is -0.460 e. The van der Waals surface area contributed by atoms with E-state index >= 15 is 0 Å². The fourth-order valence-corrected chi connectivity index (χ4v) is 4.43. The largest absolute Gasteiger partial charge is 0.460 e. The number of nitrogens with zero attached hydrogens (tertiary/aromatic N) is 1. The van der Waals surface area contributed by atoms with E-state index in [1.165, 1.54) is 6.92 Å². The predicted molar refractivity (Wildman–Crippen MR) is 142 cm³/mol. The summed E-state index contributed by atoms with van der Waals surface area (Å²) in [5.74, 6) is -5.98. The molecular weight excluding hydrogens is 532 g/mol. The second kappa shape index (κ2) is 11.7. The topological polar surface area (TPSA) is 145 Å². The summed E-state index contributed by atoms with van der Waals surface area (Å²) in [5, 5.41) is 2.50. The molecule has 0 aliphatic carbocycles. The van der Waals surface area contributed by atoms with Gasteiger partial charge in [-0.15, -0.1) is 0 Å². The van der Waals surface area contributed by atoms with Crippen LogP contribution in [0, 0.1) is 5.41 Å². The quantitative estimate of drug-likeness (QED) is 0.210. The van der Waals surface area contributed by atoms with Crippen LogP contribution in [0.4, 0.5) is 0 Å². The molecule has 11 heteroatoms. The first-order chi connectivity index (χ1) is 19.4. The van der Waals surface area contributed by atoms with Crippen LogP contribution in [0.25, 0.3) is 0 Å². The zero-order chi connectivity index (χ0) is 29.9. The van der Waals surface area contributed by atoms with Crippen LogP contribution < -0.4 is 5.32 Å². The van der Waals surface area contributed by atoms with E-state index in [1.807, 2.05) is 6.07 Å². The smallest absolute Gasteiger partial charge is 0.358 e. The molecule has 2 unspecified atom stereocenters. The fraction of sp³-hybridized carbons (Fsp3) is 0.333. The van der Waals surface area contributed by atoms with Gasteiger partial charge in [0.2, 0.25) is 12.7 Å². The summed E-state index contributed by atoms with van der Waals surface area (Å²) >= 11 is 0. The van der Waals surface area contributed by atoms with Crippen LogP contribution in [-0.4, -0.2) is 59.3 Å². The Morgan fingerprint density at radius 3 is 2.12 bits per heavy atom. The van der Waals surface area contributed by atoms with Crippen molar-refractivity contribution in [3.8, 4) is 0 Å². The molecule has 1 fully saturated rings. The number of fused-ring (bicyclic) bond motifs is 1. The molecule has 2 aliphatic rings. The molecule has 0 spiro atoms. The summed E-state index contributed by atoms with van der Waals surface area (Å²) in [6.45, 7) is 5.48. The summed E-state index contributed by atoms with van der Waals surface area (Å²) in [6, 6.07) is 14.6. The number of hydrogen-bond donors (Lipinski definition) is 1. The van der Waals surface area contributed by atoms with Gasteiger partial charge < -0.3 is 19.5 Å². The third-order valence-corrected chi connectivity index (χ3v) is 6.67. The average molecular weight is 563 g/mol. The number of rotatable bonds is 9. The van der Waals surface area contributed by atoms with Crippen molar-refractivity contribution in [2.24, 2.45) is 5.41 Å². The molecule has 214 valence electrons. The summed E-state index contributed by atoms with van der Waals surface area (Å²) in [7, 11) is 0. The number of carbonyl (C=O) groups is 6. The van der Waals surface area contributed by atoms with Gasteiger partial charge in [0, 0.05) is 5.57 Å². The maximum atomic E-state index is 13.4. The van der Waals surface area contributed by atoms with Crippen molar-refractivity contribution in [1.29, 1.82) is 0 Å². The molecule has 0 bridgehead atoms. The Morgan fingerprint density at radius 2 is 1.51 bits per heavy atom. The first-order valence-electron chi connectivity index (χ1n) is 12.9. The standard InChI is InChI=1S/C30H30N2O9/c1-17-22(28(37)40-16-41-29(38)30(2,3)4)32-23(24(17)33)21(26(32)35)31-25(34)20(19-13-9-6-10-14-19)27(36)39-15-18-11-7-5-8-12-18/h5-14,20-21,23H,15-16H2,1-4H3,(H,31,34)/t20?,21?,23-/m0/s1. The normalized spacial score (nSPS) is 18.7. The van der Waals surface area contributed by atoms with Gasteiger partial charge in [-0.25, -0.2) is 4.79 Å². The highest BCUT2D eigenvalue weighted by Gasteiger charge is 2.60. The lowest BCUT2D eigenvalue weighted by molar-refractivity contribution is -0.173. The van der Waals surface area contributed by atoms with Crippen LogP contribution in [0.2, 0.25) is 0 Å². The Morgan fingerprint density at radius 1 is 0.902 bits per heavy atom. The number of benzene rings is 2. The van der Waals surface area contributed by atoms with Crippen molar-refractivity contribution in [2.75, 3.05) is 6.79 Å². The molecule has 1 N–H and O–H groups in total. The van der Waals surface area contributed by atoms with Gasteiger partial charge >= 0.3 is 17.9 Å². The zero-order valence-corrected chi connectivity index (χ0v) is 23.0. The summed E-state index contributed by atoms with van der Waals surface area (Å²) in [4.78, 5) is 78.0. The van der Waals surface area contributed by atoms with Gasteiger partial charge in [-0.3, -0.25) is 28.9 Å². The number of nitrogens with one attached hydrogen (secondary N) is 1. The fourth-order valence-electron chi connectivity index (χ4n) is 4.43. The van der Waals surface area contributed by atoms with Gasteiger partial charge in [0.1, 0.15) is 24.4 Å². The molecule has 41 heavy (non-hydrogen) atoms. The molecule has 2 aliphatic heterocycles. The number of ketones is 1. The lowest BCUT2D eigenvalue weighted by atomic mass is 9.91. The lowest BCUT2D eigenvalue weighted by Gasteiger charge is -2.42. The van der Waals surface area contributed by atoms with Gasteiger partial charge in [0.25, 0.3) is 5.91 Å². The van der Waals surface area contributed by atoms with Crippen LogP contribution in [-0.2, 0) is 49.6 Å². The number of ether oxygens (including phenoxy) is 3. The molecular formula is C30H30N2O9. The third kappa shape index (κ3) is 6.03. The number of amides is 2. The van der Waals surface area contributed by atoms with Crippen molar-refractivity contribution in [1.82, 2.24) is 10.2 Å². The van der Waals surface area contributed by atoms with Crippen molar-refractivity contribution < 1.29 is 43.0 Å². The number of esters is 3. The van der Waals surface area contributed by atoms with Crippen LogP contribution >= 0.6 is 0 Å². The predicted octanol–water partition coefficient (Wildman–Crippen LogP) is 2.16. The minimum absolute atomic E-state index is 0.0332. The highest BCUT2D eigenvalue weighted by Crippen LogP contribution is 2.37. The molecule has 1 saturated heterocycles. The summed E-state index contributed by atoms with van der Waals surface area (Å²) in [6.07, 6.45) is 0. The maximum Gasteiger partial charge on any atom is 0.358 e. The van der Waals surface area contributed by atoms with E-state index in [-0.39, 0.29) is 17.9 Å². The van der Waals surface area contributed by atoms with Crippen LogP contribution in [0.1, 0.15) is 44.7 Å². The number of carbonyl (C=O) groups excluding carboxylic acids is 6. The zero-order valence-electron chi connectivity index (χ0n) is 23.0. The van der Waals surface area contributed by atoms with Crippen LogP contribution in [0.5, 0.6) is 0 Å². The van der Waals surface area contributed by atoms with E-state index in [0.717, 1.165) is 10.5 Å². The van der Waals surface area contributed by atoms with Crippen molar-refractivity contribution in [3.05, 3.63) is 83.1 Å². The Labute approximate surface area is 236 Å². The molecule has 3 atom stereocenters. The van der Waals surface area contributed by atoms with E-state index in [9.17, 15) is 28.8 Å². The Bertz CT molecular complexity index is 1410. The van der Waals surface area contributed by atoms with Crippen LogP contribution in [0.15, 0.2) is 71.9 Å². The Hall–Kier alpha value is -4.80. The second-order valence-corrected chi connectivity index (χ2v) is 10.6. The molecule has 0 radical (unpaired) electrons. The van der Waals surface area contributed by atoms with E-state index < -0.39 is 65.7 Å². The highest BCUT2D eigenvalue weighted by molar-refractivity contribution is 6.20. The van der Waals surface area contributed by atoms with Gasteiger partial charge in [-0.05, 0) is 38.8 Å². The Balaban J connectivity index is 1.44. The third-order valence-electron chi connectivity index (χ3n) is 6.67. The number of hydrogen-bond acceptors (Lipinski definition) is 9. The van der Waals surface area contributed by atoms with E-state index in [2.05, 4.69) is 5.32 Å². The highest BCUT2D eigenvalue weighted by atomic mass is 16.7. The molecule has 4 rings (SSSR count). The van der Waals surface area contributed by atoms with Gasteiger partial charge in [-0.1, -0.05) is 60.7 Å². The van der Waals surface area contributed by atoms with Crippen molar-refractivity contribution >= 4 is 35.5 Å². The van der Waals surface area contributed by atoms with Gasteiger partial charge in [0.15, 0.2) is 11.7 Å². The molecule has 2 aromatic rings. The maximum absolute atomic E-state index is 13.4. The minimum atomic E-state index is -1.41. The lowest BCUT2D eigenvalue weighted by Crippen LogP contribution is -2.71. The van der Waals surface area contributed by atoms with Crippen molar-refractivity contribution in [2.45, 2.75) is 52.3 Å². The number of β-lactam (4-membered cyclic amide) rings is 1. The SMILES string of the molecule is CC1=C(C(=O)OCOC(=O)C(C)(C)C)N2C(=O)C(NC(=O)C(C(=O)OCc3ccccc3)c3ccccc3)[C@H]2C1=O. The number of Topliss-reactive ketones (excluding diaryl/α,β-unsaturated/α-hetero) is 1. The van der Waals surface area contributed by atoms with Gasteiger partial charge in [-0.2, -0.15) is 0 Å². The van der Waals surface area contributed by atoms with Crippen molar-refractivity contribution in [3.63, 3.8) is 0 Å². The monoisotopic (exact) mass is 562 g/mol. The molecule has 2 amide bonds. The Kier molecular flexibility index (Phi) is 8.36. The summed E-state index contributed by atoms with van der Waals surface area (Å²) < 4.78 is 15.3.